The van der Waals surface area contributed by atoms with Gasteiger partial charge in [-0.1, -0.05) is 13.8 Å². The van der Waals surface area contributed by atoms with E-state index in [0.29, 0.717) is 13.2 Å². The van der Waals surface area contributed by atoms with Crippen LogP contribution < -0.4 is 0 Å². The number of carbonyl (C=O) groups excluding carboxylic acids is 1. The average molecular weight is 270 g/mol. The normalized spacial score (nSPS) is 21.9. The van der Waals surface area contributed by atoms with Gasteiger partial charge in [-0.15, -0.1) is 0 Å². The van der Waals surface area contributed by atoms with Gasteiger partial charge < -0.3 is 19.3 Å². The molecule has 0 aliphatic carbocycles. The Kier molecular flexibility index (Phi) is 5.05. The molecule has 0 aromatic heterocycles. The second kappa shape index (κ2) is 6.57. The van der Waals surface area contributed by atoms with Gasteiger partial charge in [-0.2, -0.15) is 0 Å². The van der Waals surface area contributed by atoms with E-state index in [2.05, 4.69) is 13.8 Å². The molecule has 2 saturated heterocycles. The van der Waals surface area contributed by atoms with Crippen LogP contribution in [0.1, 0.15) is 39.5 Å². The number of piperidine rings is 1. The maximum absolute atomic E-state index is 12.5. The average Bonchev–Trinajstić information content (AvgIpc) is 2.87. The Labute approximate surface area is 115 Å². The molecule has 0 unspecified atom stereocenters. The zero-order valence-corrected chi connectivity index (χ0v) is 12.2. The number of hydrogen-bond donors (Lipinski definition) is 0. The number of rotatable bonds is 4. The SMILES string of the molecule is CCCN(CCC)C(=O)N1CCC2(CC1)OCCO2. The van der Waals surface area contributed by atoms with Gasteiger partial charge in [0.1, 0.15) is 0 Å². The Hall–Kier alpha value is -0.810. The fraction of sp³-hybridized carbons (Fsp3) is 0.929. The molecule has 2 heterocycles. The van der Waals surface area contributed by atoms with E-state index in [9.17, 15) is 4.79 Å². The van der Waals surface area contributed by atoms with Crippen LogP contribution in [0.15, 0.2) is 0 Å². The smallest absolute Gasteiger partial charge is 0.320 e. The zero-order chi connectivity index (χ0) is 13.7. The van der Waals surface area contributed by atoms with Gasteiger partial charge in [0.2, 0.25) is 0 Å². The first-order valence-electron chi connectivity index (χ1n) is 7.52. The molecular weight excluding hydrogens is 244 g/mol. The van der Waals surface area contributed by atoms with Gasteiger partial charge in [0.05, 0.1) is 13.2 Å². The molecular formula is C14H26N2O3. The number of hydrogen-bond acceptors (Lipinski definition) is 3. The molecule has 0 N–H and O–H groups in total. The van der Waals surface area contributed by atoms with Crippen molar-refractivity contribution in [1.29, 1.82) is 0 Å². The van der Waals surface area contributed by atoms with E-state index in [-0.39, 0.29) is 6.03 Å². The van der Waals surface area contributed by atoms with Crippen LogP contribution in [0, 0.1) is 0 Å². The summed E-state index contributed by atoms with van der Waals surface area (Å²) in [7, 11) is 0. The lowest BCUT2D eigenvalue weighted by atomic mass is 10.0. The Morgan fingerprint density at radius 3 is 2.11 bits per heavy atom. The van der Waals surface area contributed by atoms with Crippen LogP contribution in [0.2, 0.25) is 0 Å². The summed E-state index contributed by atoms with van der Waals surface area (Å²) in [6, 6.07) is 0.177. The van der Waals surface area contributed by atoms with Crippen molar-refractivity contribution in [2.45, 2.75) is 45.3 Å². The van der Waals surface area contributed by atoms with Crippen molar-refractivity contribution in [2.75, 3.05) is 39.4 Å². The van der Waals surface area contributed by atoms with Crippen molar-refractivity contribution < 1.29 is 14.3 Å². The molecule has 0 aromatic carbocycles. The quantitative estimate of drug-likeness (QED) is 0.785. The van der Waals surface area contributed by atoms with Crippen molar-refractivity contribution in [3.05, 3.63) is 0 Å². The summed E-state index contributed by atoms with van der Waals surface area (Å²) in [6.07, 6.45) is 3.61. The monoisotopic (exact) mass is 270 g/mol. The first-order chi connectivity index (χ1) is 9.21. The third-order valence-corrected chi connectivity index (χ3v) is 3.87. The summed E-state index contributed by atoms with van der Waals surface area (Å²) >= 11 is 0. The molecule has 110 valence electrons. The molecule has 2 aliphatic heterocycles. The Morgan fingerprint density at radius 1 is 1.11 bits per heavy atom. The van der Waals surface area contributed by atoms with Crippen molar-refractivity contribution in [1.82, 2.24) is 9.80 Å². The highest BCUT2D eigenvalue weighted by Gasteiger charge is 2.41. The molecule has 5 nitrogen and oxygen atoms in total. The van der Waals surface area contributed by atoms with Crippen molar-refractivity contribution in [2.24, 2.45) is 0 Å². The Morgan fingerprint density at radius 2 is 1.63 bits per heavy atom. The first kappa shape index (κ1) is 14.6. The fourth-order valence-corrected chi connectivity index (χ4v) is 2.87. The predicted molar refractivity (Wildman–Crippen MR) is 73.0 cm³/mol. The highest BCUT2D eigenvalue weighted by atomic mass is 16.7. The number of ether oxygens (including phenoxy) is 2. The second-order valence-corrected chi connectivity index (χ2v) is 5.36. The summed E-state index contributed by atoms with van der Waals surface area (Å²) in [6.45, 7) is 8.77. The lowest BCUT2D eigenvalue weighted by Gasteiger charge is -2.39. The van der Waals surface area contributed by atoms with Crippen molar-refractivity contribution >= 4 is 6.03 Å². The number of likely N-dealkylation sites (tertiary alicyclic amines) is 1. The largest absolute Gasteiger partial charge is 0.347 e. The van der Waals surface area contributed by atoms with Gasteiger partial charge in [0, 0.05) is 39.0 Å². The van der Waals surface area contributed by atoms with Crippen LogP contribution in [0.5, 0.6) is 0 Å². The van der Waals surface area contributed by atoms with Crippen LogP contribution in [0.3, 0.4) is 0 Å². The van der Waals surface area contributed by atoms with Gasteiger partial charge in [-0.3, -0.25) is 0 Å². The number of amides is 2. The van der Waals surface area contributed by atoms with E-state index in [1.807, 2.05) is 9.80 Å². The minimum absolute atomic E-state index is 0.177. The van der Waals surface area contributed by atoms with Crippen molar-refractivity contribution in [3.63, 3.8) is 0 Å². The molecule has 0 saturated carbocycles. The summed E-state index contributed by atoms with van der Waals surface area (Å²) in [5.41, 5.74) is 0. The van der Waals surface area contributed by atoms with Gasteiger partial charge in [0.25, 0.3) is 0 Å². The van der Waals surface area contributed by atoms with E-state index in [1.165, 1.54) is 0 Å². The zero-order valence-electron chi connectivity index (χ0n) is 12.2. The van der Waals surface area contributed by atoms with Crippen LogP contribution in [0.4, 0.5) is 4.79 Å². The summed E-state index contributed by atoms with van der Waals surface area (Å²) in [4.78, 5) is 16.4. The number of urea groups is 1. The highest BCUT2D eigenvalue weighted by molar-refractivity contribution is 5.74. The van der Waals surface area contributed by atoms with Crippen LogP contribution >= 0.6 is 0 Å². The molecule has 0 radical (unpaired) electrons. The van der Waals surface area contributed by atoms with Gasteiger partial charge in [-0.05, 0) is 12.8 Å². The topological polar surface area (TPSA) is 42.0 Å². The highest BCUT2D eigenvalue weighted by Crippen LogP contribution is 2.31. The predicted octanol–water partition coefficient (Wildman–Crippen LogP) is 2.07. The molecule has 1 spiro atoms. The molecule has 2 fully saturated rings. The number of carbonyl (C=O) groups is 1. The van der Waals surface area contributed by atoms with Crippen LogP contribution in [-0.2, 0) is 9.47 Å². The molecule has 2 amide bonds. The lowest BCUT2D eigenvalue weighted by Crippen LogP contribution is -2.51. The molecule has 5 heteroatoms. The van der Waals surface area contributed by atoms with Gasteiger partial charge in [-0.25, -0.2) is 4.79 Å². The summed E-state index contributed by atoms with van der Waals surface area (Å²) in [5, 5.41) is 0. The van der Waals surface area contributed by atoms with Gasteiger partial charge >= 0.3 is 6.03 Å². The standard InChI is InChI=1S/C14H26N2O3/c1-3-7-15(8-4-2)13(17)16-9-5-14(6-10-16)18-11-12-19-14/h3-12H2,1-2H3. The van der Waals surface area contributed by atoms with Crippen LogP contribution in [0.25, 0.3) is 0 Å². The van der Waals surface area contributed by atoms with E-state index >= 15 is 0 Å². The second-order valence-electron chi connectivity index (χ2n) is 5.36. The first-order valence-corrected chi connectivity index (χ1v) is 7.52. The maximum atomic E-state index is 12.5. The molecule has 0 atom stereocenters. The molecule has 19 heavy (non-hydrogen) atoms. The van der Waals surface area contributed by atoms with Crippen molar-refractivity contribution in [3.8, 4) is 0 Å². The summed E-state index contributed by atoms with van der Waals surface area (Å²) in [5.74, 6) is -0.392. The van der Waals surface area contributed by atoms with Gasteiger partial charge in [0.15, 0.2) is 5.79 Å². The van der Waals surface area contributed by atoms with E-state index in [0.717, 1.165) is 51.9 Å². The summed E-state index contributed by atoms with van der Waals surface area (Å²) < 4.78 is 11.4. The lowest BCUT2D eigenvalue weighted by molar-refractivity contribution is -0.181. The van der Waals surface area contributed by atoms with E-state index in [1.54, 1.807) is 0 Å². The van der Waals surface area contributed by atoms with E-state index in [4.69, 9.17) is 9.47 Å². The Bertz CT molecular complexity index is 287. The Balaban J connectivity index is 1.86. The third kappa shape index (κ3) is 3.39. The molecule has 2 rings (SSSR count). The van der Waals surface area contributed by atoms with Crippen LogP contribution in [-0.4, -0.2) is 61.0 Å². The molecule has 0 aromatic rings. The maximum Gasteiger partial charge on any atom is 0.320 e. The molecule has 2 aliphatic rings. The number of nitrogens with zero attached hydrogens (tertiary/aromatic N) is 2. The third-order valence-electron chi connectivity index (χ3n) is 3.87. The van der Waals surface area contributed by atoms with E-state index < -0.39 is 5.79 Å². The molecule has 0 bridgehead atoms. The minimum atomic E-state index is -0.392. The minimum Gasteiger partial charge on any atom is -0.347 e. The fourth-order valence-electron chi connectivity index (χ4n) is 2.87.